The van der Waals surface area contributed by atoms with Crippen molar-refractivity contribution in [2.24, 2.45) is 0 Å². The molecule has 0 aliphatic heterocycles. The van der Waals surface area contributed by atoms with E-state index in [1.807, 2.05) is 0 Å². The van der Waals surface area contributed by atoms with Crippen molar-refractivity contribution in [1.29, 1.82) is 0 Å². The van der Waals surface area contributed by atoms with Crippen LogP contribution < -0.4 is 4.57 Å². The topological polar surface area (TPSA) is 8.81 Å². The van der Waals surface area contributed by atoms with Crippen LogP contribution in [-0.4, -0.2) is 4.57 Å². The third kappa shape index (κ3) is 28.7. The third-order valence-electron chi connectivity index (χ3n) is 10.8. The molecule has 278 valence electrons. The molecule has 1 rings (SSSR count). The summed E-state index contributed by atoms with van der Waals surface area (Å²) in [6.07, 6.45) is 57.8. The largest absolute Gasteiger partial charge is 0.256 e. The fourth-order valence-electron chi connectivity index (χ4n) is 7.56. The van der Waals surface area contributed by atoms with E-state index in [2.05, 4.69) is 42.3 Å². The first-order valence-electron chi connectivity index (χ1n) is 22.4. The van der Waals surface area contributed by atoms with Gasteiger partial charge in [0.05, 0.1) is 13.1 Å². The minimum atomic E-state index is 1.23. The first kappa shape index (κ1) is 44.2. The van der Waals surface area contributed by atoms with Gasteiger partial charge in [0.2, 0.25) is 0 Å². The van der Waals surface area contributed by atoms with Gasteiger partial charge >= 0.3 is 0 Å². The van der Waals surface area contributed by atoms with E-state index in [1.165, 1.54) is 251 Å². The predicted molar refractivity (Wildman–Crippen MR) is 212 cm³/mol. The third-order valence-corrected chi connectivity index (χ3v) is 10.8. The molecule has 0 saturated carbocycles. The van der Waals surface area contributed by atoms with E-state index in [0.717, 1.165) is 0 Å². The zero-order valence-electron chi connectivity index (χ0n) is 33.1. The maximum atomic E-state index is 2.65. The van der Waals surface area contributed by atoms with Gasteiger partial charge in [-0.15, -0.1) is 0 Å². The highest BCUT2D eigenvalue weighted by Crippen LogP contribution is 2.16. The zero-order chi connectivity index (χ0) is 33.7. The van der Waals surface area contributed by atoms with E-state index >= 15 is 0 Å². The van der Waals surface area contributed by atoms with Gasteiger partial charge in [-0.05, 0) is 32.1 Å². The molecule has 0 saturated heterocycles. The molecule has 1 heterocycles. The van der Waals surface area contributed by atoms with Crippen molar-refractivity contribution in [3.05, 3.63) is 18.2 Å². The van der Waals surface area contributed by atoms with Crippen molar-refractivity contribution in [3.63, 3.8) is 0 Å². The molecule has 0 aliphatic rings. The van der Waals surface area contributed by atoms with Crippen LogP contribution in [0.15, 0.2) is 12.4 Å². The Labute approximate surface area is 298 Å². The van der Waals surface area contributed by atoms with Crippen LogP contribution in [-0.2, 0) is 19.5 Å². The summed E-state index contributed by atoms with van der Waals surface area (Å²) in [5.74, 6) is 1.63. The van der Waals surface area contributed by atoms with E-state index in [1.54, 1.807) is 5.82 Å². The number of hydrogen-bond acceptors (Lipinski definition) is 0. The Kier molecular flexibility index (Phi) is 34.3. The second-order valence-electron chi connectivity index (χ2n) is 15.5. The Balaban J connectivity index is 2.27. The molecule has 0 spiro atoms. The lowest BCUT2D eigenvalue weighted by Crippen LogP contribution is -2.37. The van der Waals surface area contributed by atoms with Crippen molar-refractivity contribution < 1.29 is 4.57 Å². The van der Waals surface area contributed by atoms with E-state index in [0.29, 0.717) is 0 Å². The number of aryl methyl sites for hydroxylation is 2. The lowest BCUT2D eigenvalue weighted by atomic mass is 10.0. The molecule has 0 unspecified atom stereocenters. The minimum Gasteiger partial charge on any atom is -0.234 e. The Morgan fingerprint density at radius 1 is 0.362 bits per heavy atom. The molecule has 0 atom stereocenters. The molecule has 2 nitrogen and oxygen atoms in total. The molecule has 0 amide bonds. The quantitative estimate of drug-likeness (QED) is 0.0492. The second-order valence-corrected chi connectivity index (χ2v) is 15.5. The van der Waals surface area contributed by atoms with E-state index in [-0.39, 0.29) is 0 Å². The summed E-state index contributed by atoms with van der Waals surface area (Å²) >= 11 is 0. The van der Waals surface area contributed by atoms with Crippen molar-refractivity contribution in [3.8, 4) is 0 Å². The summed E-state index contributed by atoms with van der Waals surface area (Å²) in [4.78, 5) is 0. The van der Waals surface area contributed by atoms with Gasteiger partial charge in [-0.2, -0.15) is 0 Å². The van der Waals surface area contributed by atoms with Crippen LogP contribution in [0.25, 0.3) is 0 Å². The van der Waals surface area contributed by atoms with Crippen molar-refractivity contribution >= 4 is 0 Å². The average molecular weight is 658 g/mol. The van der Waals surface area contributed by atoms with Crippen LogP contribution >= 0.6 is 0 Å². The molecule has 2 heteroatoms. The van der Waals surface area contributed by atoms with Gasteiger partial charge in [-0.25, -0.2) is 9.13 Å². The van der Waals surface area contributed by atoms with Gasteiger partial charge in [0, 0.05) is 6.42 Å². The normalized spacial score (nSPS) is 11.6. The van der Waals surface area contributed by atoms with Crippen molar-refractivity contribution in [1.82, 2.24) is 4.57 Å². The summed E-state index contributed by atoms with van der Waals surface area (Å²) in [6, 6.07) is 0. The van der Waals surface area contributed by atoms with Gasteiger partial charge in [0.1, 0.15) is 12.4 Å². The van der Waals surface area contributed by atoms with Crippen LogP contribution in [0.1, 0.15) is 258 Å². The van der Waals surface area contributed by atoms with Crippen molar-refractivity contribution in [2.75, 3.05) is 0 Å². The lowest BCUT2D eigenvalue weighted by Gasteiger charge is -2.07. The van der Waals surface area contributed by atoms with E-state index in [9.17, 15) is 0 Å². The first-order valence-corrected chi connectivity index (χ1v) is 22.4. The van der Waals surface area contributed by atoms with Gasteiger partial charge in [0.15, 0.2) is 0 Å². The number of nitrogens with zero attached hydrogens (tertiary/aromatic N) is 2. The highest BCUT2D eigenvalue weighted by atomic mass is 15.1. The molecule has 1 aromatic rings. The molecular formula is C45H89N2+. The number of unbranched alkanes of at least 4 members (excludes halogenated alkanes) is 33. The Morgan fingerprint density at radius 3 is 1.02 bits per heavy atom. The maximum absolute atomic E-state index is 2.65. The number of rotatable bonds is 39. The zero-order valence-corrected chi connectivity index (χ0v) is 33.1. The minimum absolute atomic E-state index is 1.23. The summed E-state index contributed by atoms with van der Waals surface area (Å²) in [5.41, 5.74) is 0. The van der Waals surface area contributed by atoms with Crippen LogP contribution in [0, 0.1) is 0 Å². The Morgan fingerprint density at radius 2 is 0.660 bits per heavy atom. The molecule has 0 N–H and O–H groups in total. The number of hydrogen-bond donors (Lipinski definition) is 0. The second kappa shape index (κ2) is 36.5. The Bertz CT molecular complexity index is 722. The molecule has 0 aromatic carbocycles. The summed E-state index contributed by atoms with van der Waals surface area (Å²) in [7, 11) is 0. The average Bonchev–Trinajstić information content (AvgIpc) is 3.47. The number of aromatic nitrogens is 2. The highest BCUT2D eigenvalue weighted by Gasteiger charge is 2.16. The first-order chi connectivity index (χ1) is 23.3. The molecule has 0 bridgehead atoms. The van der Waals surface area contributed by atoms with Gasteiger partial charge in [0.25, 0.3) is 5.82 Å². The van der Waals surface area contributed by atoms with E-state index < -0.39 is 0 Å². The molecule has 47 heavy (non-hydrogen) atoms. The summed E-state index contributed by atoms with van der Waals surface area (Å²) in [6.45, 7) is 9.41. The molecule has 1 aromatic heterocycles. The van der Waals surface area contributed by atoms with Crippen LogP contribution in [0.4, 0.5) is 0 Å². The standard InChI is InChI=1S/C45H89N2/c1-4-7-10-13-16-19-21-23-24-26-28-31-34-37-40-45-46(41-38-35-32-29-18-15-12-9-6-3)43-44-47(45)42-39-36-33-30-27-25-22-20-17-14-11-8-5-2/h43-44H,4-42H2,1-3H3/q+1. The van der Waals surface area contributed by atoms with Crippen molar-refractivity contribution in [2.45, 2.75) is 271 Å². The van der Waals surface area contributed by atoms with Gasteiger partial charge < -0.3 is 0 Å². The molecule has 0 fully saturated rings. The fraction of sp³-hybridized carbons (Fsp3) is 0.933. The summed E-state index contributed by atoms with van der Waals surface area (Å²) in [5, 5.41) is 0. The van der Waals surface area contributed by atoms with Crippen LogP contribution in [0.3, 0.4) is 0 Å². The fourth-order valence-corrected chi connectivity index (χ4v) is 7.56. The maximum Gasteiger partial charge on any atom is 0.256 e. The molecule has 0 radical (unpaired) electrons. The highest BCUT2D eigenvalue weighted by molar-refractivity contribution is 4.84. The Hall–Kier alpha value is -0.790. The lowest BCUT2D eigenvalue weighted by molar-refractivity contribution is -0.704. The van der Waals surface area contributed by atoms with Crippen LogP contribution in [0.5, 0.6) is 0 Å². The van der Waals surface area contributed by atoms with E-state index in [4.69, 9.17) is 0 Å². The molecular weight excluding hydrogens is 569 g/mol. The predicted octanol–water partition coefficient (Wildman–Crippen LogP) is 15.4. The monoisotopic (exact) mass is 658 g/mol. The van der Waals surface area contributed by atoms with Gasteiger partial charge in [-0.1, -0.05) is 220 Å². The summed E-state index contributed by atoms with van der Waals surface area (Å²) < 4.78 is 5.29. The smallest absolute Gasteiger partial charge is 0.234 e. The molecule has 0 aliphatic carbocycles. The number of imidazole rings is 1. The van der Waals surface area contributed by atoms with Crippen LogP contribution in [0.2, 0.25) is 0 Å². The van der Waals surface area contributed by atoms with Gasteiger partial charge in [-0.3, -0.25) is 0 Å². The SMILES string of the molecule is CCCCCCCCCCCCCCCCc1n(CCCCCCCCCCCCCCC)cc[n+]1CCCCCCCCCCC.